The lowest BCUT2D eigenvalue weighted by atomic mass is 9.12. The minimum atomic E-state index is -7.22. The maximum Gasteiger partial charge on any atom is 0.200 e. The van der Waals surface area contributed by atoms with Crippen LogP contribution in [-0.2, 0) is 0 Å². The molecule has 4 aromatic rings. The van der Waals surface area contributed by atoms with Crippen LogP contribution in [0.15, 0.2) is 0 Å². The molecule has 0 unspecified atom stereocenters. The monoisotopic (exact) mass is 952 g/mol. The number of hydrogen-bond acceptors (Lipinski definition) is 0. The van der Waals surface area contributed by atoms with Crippen molar-refractivity contribution in [1.29, 1.82) is 0 Å². The van der Waals surface area contributed by atoms with Crippen LogP contribution in [0, 0.1) is 116 Å². The van der Waals surface area contributed by atoms with Crippen molar-refractivity contribution in [1.82, 2.24) is 0 Å². The summed E-state index contributed by atoms with van der Waals surface area (Å²) in [6, 6.07) is 0. The Morgan fingerprint density at radius 3 is 0.603 bits per heavy atom. The minimum Gasteiger partial charge on any atom is -0.207 e. The summed E-state index contributed by atoms with van der Waals surface area (Å²) in [5, 5.41) is 0. The van der Waals surface area contributed by atoms with Gasteiger partial charge in [-0.05, 0) is 33.6 Å². The molecule has 4 rings (SSSR count). The zero-order valence-corrected chi connectivity index (χ0v) is 34.5. The lowest BCUT2D eigenvalue weighted by molar-refractivity contribution is 0.378. The zero-order chi connectivity index (χ0) is 47.8. The SMILES string of the molecule is CCCCCCCC[PH+](C)CCCCCCCC.Fc1c(F)c(F)c([B-](c2c(F)c(F)c(F)c(F)c2F)(c2c(F)c(F)c(F)c(F)c2F)c2c(F)c(F)c(F)c(F)c2F)c(F)c1F. The van der Waals surface area contributed by atoms with E-state index in [0.717, 1.165) is 0 Å². The summed E-state index contributed by atoms with van der Waals surface area (Å²) in [4.78, 5) is 0. The van der Waals surface area contributed by atoms with E-state index in [1.54, 1.807) is 12.3 Å². The van der Waals surface area contributed by atoms with Crippen LogP contribution in [-0.4, -0.2) is 25.1 Å². The summed E-state index contributed by atoms with van der Waals surface area (Å²) >= 11 is 0. The molecule has 4 aromatic carbocycles. The molecule has 0 amide bonds. The Morgan fingerprint density at radius 1 is 0.254 bits per heavy atom. The van der Waals surface area contributed by atoms with Gasteiger partial charge in [0.25, 0.3) is 0 Å². The first kappa shape index (κ1) is 53.3. The Bertz CT molecular complexity index is 1870. The van der Waals surface area contributed by atoms with Crippen LogP contribution < -0.4 is 21.9 Å². The fourth-order valence-electron chi connectivity index (χ4n) is 7.41. The molecule has 0 aliphatic heterocycles. The third-order valence-electron chi connectivity index (χ3n) is 10.6. The van der Waals surface area contributed by atoms with Gasteiger partial charge in [0.15, 0.2) is 69.8 Å². The molecule has 0 saturated carbocycles. The smallest absolute Gasteiger partial charge is 0.200 e. The van der Waals surface area contributed by atoms with Crippen molar-refractivity contribution in [2.45, 2.75) is 90.9 Å². The van der Waals surface area contributed by atoms with Crippen molar-refractivity contribution in [3.8, 4) is 0 Å². The number of unbranched alkanes of at least 4 members (excludes halogenated alkanes) is 10. The molecule has 0 N–H and O–H groups in total. The topological polar surface area (TPSA) is 0 Å². The van der Waals surface area contributed by atoms with Crippen LogP contribution in [0.3, 0.4) is 0 Å². The van der Waals surface area contributed by atoms with Crippen molar-refractivity contribution in [3.63, 3.8) is 0 Å². The molecule has 0 nitrogen and oxygen atoms in total. The molecule has 0 fully saturated rings. The Labute approximate surface area is 349 Å². The van der Waals surface area contributed by atoms with E-state index in [-0.39, 0.29) is 7.92 Å². The van der Waals surface area contributed by atoms with Gasteiger partial charge in [-0.3, -0.25) is 0 Å². The van der Waals surface area contributed by atoms with Crippen LogP contribution >= 0.6 is 7.92 Å². The van der Waals surface area contributed by atoms with Crippen molar-refractivity contribution in [3.05, 3.63) is 116 Å². The number of hydrogen-bond donors (Lipinski definition) is 0. The summed E-state index contributed by atoms with van der Waals surface area (Å²) in [6.45, 7) is 7.16. The van der Waals surface area contributed by atoms with Gasteiger partial charge in [-0.1, -0.05) is 65.2 Å². The molecule has 22 heteroatoms. The van der Waals surface area contributed by atoms with Crippen LogP contribution in [0.2, 0.25) is 0 Å². The molecule has 0 aromatic heterocycles. The first-order valence-electron chi connectivity index (χ1n) is 19.6. The van der Waals surface area contributed by atoms with Crippen LogP contribution in [0.5, 0.6) is 0 Å². The van der Waals surface area contributed by atoms with Crippen LogP contribution in [0.25, 0.3) is 0 Å². The summed E-state index contributed by atoms with van der Waals surface area (Å²) in [6.07, 6.45) is 13.5. The Balaban J connectivity index is 0.000000495. The van der Waals surface area contributed by atoms with E-state index in [4.69, 9.17) is 0 Å². The summed E-state index contributed by atoms with van der Waals surface area (Å²) in [5.74, 6) is -71.4. The Kier molecular flexibility index (Phi) is 19.2. The van der Waals surface area contributed by atoms with E-state index in [1.165, 1.54) is 77.0 Å². The quantitative estimate of drug-likeness (QED) is 0.0233. The van der Waals surface area contributed by atoms with Gasteiger partial charge >= 0.3 is 0 Å². The van der Waals surface area contributed by atoms with Gasteiger partial charge in [-0.15, -0.1) is 21.9 Å². The third kappa shape index (κ3) is 10.4. The van der Waals surface area contributed by atoms with Gasteiger partial charge in [0.2, 0.25) is 0 Å². The average Bonchev–Trinajstić information content (AvgIpc) is 3.26. The molecule has 0 spiro atoms. The zero-order valence-electron chi connectivity index (χ0n) is 33.5. The molecule has 0 bridgehead atoms. The molecule has 350 valence electrons. The first-order valence-corrected chi connectivity index (χ1v) is 22.0. The largest absolute Gasteiger partial charge is 0.207 e. The Hall–Kier alpha value is -4.03. The number of rotatable bonds is 18. The lowest BCUT2D eigenvalue weighted by Crippen LogP contribution is -2.81. The highest BCUT2D eigenvalue weighted by Crippen LogP contribution is 2.34. The fourth-order valence-corrected chi connectivity index (χ4v) is 9.37. The second kappa shape index (κ2) is 22.7. The predicted octanol–water partition coefficient (Wildman–Crippen LogP) is 12.4. The normalized spacial score (nSPS) is 11.8. The molecule has 0 aliphatic rings. The summed E-state index contributed by atoms with van der Waals surface area (Å²) < 4.78 is 294. The van der Waals surface area contributed by atoms with E-state index in [9.17, 15) is 52.7 Å². The molecule has 63 heavy (non-hydrogen) atoms. The maximum atomic E-state index is 15.4. The Morgan fingerprint density at radius 2 is 0.413 bits per heavy atom. The molecule has 0 saturated heterocycles. The minimum absolute atomic E-state index is 0.0253. The van der Waals surface area contributed by atoms with Crippen molar-refractivity contribution < 1.29 is 87.8 Å². The molecular formula is C41H38BF20P. The van der Waals surface area contributed by atoms with Gasteiger partial charge in [-0.25, -0.2) is 87.8 Å². The molecular weight excluding hydrogens is 914 g/mol. The van der Waals surface area contributed by atoms with E-state index >= 15 is 35.1 Å². The predicted molar refractivity (Wildman–Crippen MR) is 200 cm³/mol. The number of benzene rings is 4. The van der Waals surface area contributed by atoms with Gasteiger partial charge in [0.1, 0.15) is 52.7 Å². The van der Waals surface area contributed by atoms with Crippen LogP contribution in [0.1, 0.15) is 90.9 Å². The lowest BCUT2D eigenvalue weighted by Gasteiger charge is -2.44. The van der Waals surface area contributed by atoms with Crippen molar-refractivity contribution in [2.24, 2.45) is 0 Å². The molecule has 0 heterocycles. The standard InChI is InChI=1S/C24BF20.C17H37P/c26-5-1(6(27)14(35)21(42)13(5)34)25(2-7(28)15(36)22(43)16(37)8(2)29,3-9(30)17(38)23(44)18(39)10(3)31)4-11(32)19(40)24(45)20(41)12(4)33;1-4-6-8-10-12-14-16-18(3)17-15-13-11-9-7-5-2/h;4-17H2,1-3H3/q-1;/p+1. The van der Waals surface area contributed by atoms with Crippen molar-refractivity contribution >= 4 is 35.9 Å². The fraction of sp³-hybridized carbons (Fsp3) is 0.415. The highest BCUT2D eigenvalue weighted by atomic mass is 31.1. The van der Waals surface area contributed by atoms with Gasteiger partial charge in [0.05, 0.1) is 12.3 Å². The first-order chi connectivity index (χ1) is 29.5. The van der Waals surface area contributed by atoms with Gasteiger partial charge in [0, 0.05) is 6.66 Å². The van der Waals surface area contributed by atoms with E-state index < -0.39 is 144 Å². The van der Waals surface area contributed by atoms with E-state index in [2.05, 4.69) is 20.5 Å². The van der Waals surface area contributed by atoms with Crippen molar-refractivity contribution in [2.75, 3.05) is 19.0 Å². The van der Waals surface area contributed by atoms with Gasteiger partial charge in [-0.2, -0.15) is 0 Å². The summed E-state index contributed by atoms with van der Waals surface area (Å²) in [5.41, 5.74) is -14.3. The van der Waals surface area contributed by atoms with Gasteiger partial charge < -0.3 is 0 Å². The molecule has 0 radical (unpaired) electrons. The third-order valence-corrected chi connectivity index (χ3v) is 13.0. The summed E-state index contributed by atoms with van der Waals surface area (Å²) in [7, 11) is 0.0253. The highest BCUT2D eigenvalue weighted by Gasteiger charge is 2.52. The van der Waals surface area contributed by atoms with E-state index in [1.807, 2.05) is 0 Å². The molecule has 0 aliphatic carbocycles. The second-order valence-corrected chi connectivity index (χ2v) is 17.7. The maximum absolute atomic E-state index is 15.4. The highest BCUT2D eigenvalue weighted by molar-refractivity contribution is 7.56. The van der Waals surface area contributed by atoms with E-state index in [0.29, 0.717) is 0 Å². The number of halogens is 20. The average molecular weight is 953 g/mol. The second-order valence-electron chi connectivity index (χ2n) is 14.8. The van der Waals surface area contributed by atoms with Crippen LogP contribution in [0.4, 0.5) is 87.8 Å². The molecule has 0 atom stereocenters.